The second-order valence-electron chi connectivity index (χ2n) is 5.19. The third-order valence-corrected chi connectivity index (χ3v) is 3.90. The molecule has 0 aliphatic heterocycles. The Hall–Kier alpha value is -1.35. The molecule has 0 saturated heterocycles. The van der Waals surface area contributed by atoms with Crippen LogP contribution in [0.3, 0.4) is 0 Å². The van der Waals surface area contributed by atoms with Gasteiger partial charge in [0, 0.05) is 18.7 Å². The molecule has 0 aromatic heterocycles. The molecule has 1 aliphatic carbocycles. The molecule has 18 heavy (non-hydrogen) atoms. The van der Waals surface area contributed by atoms with Crippen LogP contribution in [0.25, 0.3) is 0 Å². The van der Waals surface area contributed by atoms with Gasteiger partial charge in [0.05, 0.1) is 0 Å². The summed E-state index contributed by atoms with van der Waals surface area (Å²) in [5.74, 6) is 0.819. The number of amides is 1. The van der Waals surface area contributed by atoms with Crippen molar-refractivity contribution in [3.05, 3.63) is 35.4 Å². The minimum absolute atomic E-state index is 0.124. The van der Waals surface area contributed by atoms with Crippen LogP contribution < -0.4 is 5.73 Å². The zero-order valence-corrected chi connectivity index (χ0v) is 11.2. The summed E-state index contributed by atoms with van der Waals surface area (Å²) in [6.45, 7) is 2.72. The summed E-state index contributed by atoms with van der Waals surface area (Å²) in [6, 6.07) is 8.12. The quantitative estimate of drug-likeness (QED) is 0.864. The molecule has 0 heterocycles. The van der Waals surface area contributed by atoms with Crippen LogP contribution in [0, 0.1) is 5.92 Å². The number of rotatable bonds is 5. The van der Waals surface area contributed by atoms with E-state index in [0.717, 1.165) is 17.5 Å². The average Bonchev–Trinajstić information content (AvgIpc) is 3.21. The Labute approximate surface area is 109 Å². The van der Waals surface area contributed by atoms with E-state index in [2.05, 4.69) is 6.92 Å². The minimum atomic E-state index is 0.124. The third-order valence-electron chi connectivity index (χ3n) is 3.90. The van der Waals surface area contributed by atoms with E-state index in [-0.39, 0.29) is 5.91 Å². The van der Waals surface area contributed by atoms with E-state index in [4.69, 9.17) is 5.73 Å². The molecule has 0 spiro atoms. The van der Waals surface area contributed by atoms with Crippen LogP contribution in [-0.4, -0.2) is 30.4 Å². The van der Waals surface area contributed by atoms with Gasteiger partial charge in [-0.15, -0.1) is 0 Å². The Morgan fingerprint density at radius 2 is 2.11 bits per heavy atom. The smallest absolute Gasteiger partial charge is 0.254 e. The van der Waals surface area contributed by atoms with Crippen molar-refractivity contribution in [3.63, 3.8) is 0 Å². The van der Waals surface area contributed by atoms with Crippen molar-refractivity contribution in [2.75, 3.05) is 13.6 Å². The van der Waals surface area contributed by atoms with Crippen LogP contribution in [0.5, 0.6) is 0 Å². The summed E-state index contributed by atoms with van der Waals surface area (Å²) in [4.78, 5) is 14.4. The Kier molecular flexibility index (Phi) is 4.02. The molecule has 1 unspecified atom stereocenters. The van der Waals surface area contributed by atoms with Crippen molar-refractivity contribution in [3.8, 4) is 0 Å². The highest BCUT2D eigenvalue weighted by Crippen LogP contribution is 2.35. The van der Waals surface area contributed by atoms with Crippen molar-refractivity contribution in [2.45, 2.75) is 32.2 Å². The fourth-order valence-corrected chi connectivity index (χ4v) is 2.37. The number of nitrogens with zero attached hydrogens (tertiary/aromatic N) is 1. The number of benzene rings is 1. The van der Waals surface area contributed by atoms with Gasteiger partial charge < -0.3 is 10.6 Å². The van der Waals surface area contributed by atoms with Crippen molar-refractivity contribution in [2.24, 2.45) is 11.7 Å². The monoisotopic (exact) mass is 246 g/mol. The SMILES string of the molecule is CC(C1CC1)N(C)C(=O)c1ccccc1CCN. The Morgan fingerprint density at radius 3 is 2.72 bits per heavy atom. The van der Waals surface area contributed by atoms with E-state index < -0.39 is 0 Å². The van der Waals surface area contributed by atoms with Crippen LogP contribution >= 0.6 is 0 Å². The molecule has 1 aliphatic rings. The molecule has 3 heteroatoms. The van der Waals surface area contributed by atoms with Gasteiger partial charge in [-0.1, -0.05) is 18.2 Å². The number of carbonyl (C=O) groups is 1. The van der Waals surface area contributed by atoms with E-state index in [1.165, 1.54) is 12.8 Å². The Bertz CT molecular complexity index is 426. The molecule has 1 aromatic rings. The van der Waals surface area contributed by atoms with Crippen LogP contribution in [0.4, 0.5) is 0 Å². The first-order chi connectivity index (χ1) is 8.65. The van der Waals surface area contributed by atoms with Crippen LogP contribution in [-0.2, 0) is 6.42 Å². The summed E-state index contributed by atoms with van der Waals surface area (Å²) >= 11 is 0. The van der Waals surface area contributed by atoms with Crippen LogP contribution in [0.15, 0.2) is 24.3 Å². The van der Waals surface area contributed by atoms with Gasteiger partial charge in [0.25, 0.3) is 5.91 Å². The predicted octanol–water partition coefficient (Wildman–Crippen LogP) is 2.06. The summed E-state index contributed by atoms with van der Waals surface area (Å²) in [6.07, 6.45) is 3.26. The molecule has 0 radical (unpaired) electrons. The van der Waals surface area contributed by atoms with Gasteiger partial charge in [-0.2, -0.15) is 0 Å². The number of carbonyl (C=O) groups excluding carboxylic acids is 1. The van der Waals surface area contributed by atoms with Crippen molar-refractivity contribution < 1.29 is 4.79 Å². The van der Waals surface area contributed by atoms with Crippen LogP contribution in [0.2, 0.25) is 0 Å². The fraction of sp³-hybridized carbons (Fsp3) is 0.533. The summed E-state index contributed by atoms with van der Waals surface area (Å²) < 4.78 is 0. The normalized spacial score (nSPS) is 16.4. The van der Waals surface area contributed by atoms with E-state index in [1.807, 2.05) is 36.2 Å². The first-order valence-corrected chi connectivity index (χ1v) is 6.70. The lowest BCUT2D eigenvalue weighted by atomic mass is 10.0. The maximum absolute atomic E-state index is 12.5. The Balaban J connectivity index is 2.16. The first-order valence-electron chi connectivity index (χ1n) is 6.70. The van der Waals surface area contributed by atoms with Gasteiger partial charge in [0.2, 0.25) is 0 Å². The zero-order chi connectivity index (χ0) is 13.1. The third kappa shape index (κ3) is 2.72. The highest BCUT2D eigenvalue weighted by Gasteiger charge is 2.33. The first kappa shape index (κ1) is 13.1. The highest BCUT2D eigenvalue weighted by molar-refractivity contribution is 5.95. The van der Waals surface area contributed by atoms with Gasteiger partial charge in [0.1, 0.15) is 0 Å². The minimum Gasteiger partial charge on any atom is -0.339 e. The molecule has 1 aromatic carbocycles. The second-order valence-corrected chi connectivity index (χ2v) is 5.19. The fourth-order valence-electron chi connectivity index (χ4n) is 2.37. The summed E-state index contributed by atoms with van der Waals surface area (Å²) in [7, 11) is 1.91. The molecule has 3 nitrogen and oxygen atoms in total. The molecule has 0 bridgehead atoms. The lowest BCUT2D eigenvalue weighted by Gasteiger charge is -2.25. The number of nitrogens with two attached hydrogens (primary N) is 1. The summed E-state index contributed by atoms with van der Waals surface area (Å²) in [5.41, 5.74) is 7.46. The molecule has 1 atom stereocenters. The predicted molar refractivity (Wildman–Crippen MR) is 73.5 cm³/mol. The van der Waals surface area contributed by atoms with E-state index in [9.17, 15) is 4.79 Å². The van der Waals surface area contributed by atoms with E-state index in [0.29, 0.717) is 18.5 Å². The molecule has 2 N–H and O–H groups in total. The summed E-state index contributed by atoms with van der Waals surface area (Å²) in [5, 5.41) is 0. The number of hydrogen-bond donors (Lipinski definition) is 1. The molecule has 98 valence electrons. The molecule has 1 fully saturated rings. The molecule has 1 saturated carbocycles. The lowest BCUT2D eigenvalue weighted by Crippen LogP contribution is -2.37. The molecular weight excluding hydrogens is 224 g/mol. The zero-order valence-electron chi connectivity index (χ0n) is 11.2. The Morgan fingerprint density at radius 1 is 1.44 bits per heavy atom. The number of hydrogen-bond acceptors (Lipinski definition) is 2. The van der Waals surface area contributed by atoms with Crippen LogP contribution in [0.1, 0.15) is 35.7 Å². The van der Waals surface area contributed by atoms with E-state index in [1.54, 1.807) is 0 Å². The second kappa shape index (κ2) is 5.53. The van der Waals surface area contributed by atoms with Gasteiger partial charge in [-0.05, 0) is 50.3 Å². The average molecular weight is 246 g/mol. The standard InChI is InChI=1S/C15H22N2O/c1-11(12-7-8-12)17(2)15(18)14-6-4-3-5-13(14)9-10-16/h3-6,11-12H,7-10,16H2,1-2H3. The topological polar surface area (TPSA) is 46.3 Å². The molecule has 1 amide bonds. The van der Waals surface area contributed by atoms with Gasteiger partial charge in [-0.3, -0.25) is 4.79 Å². The van der Waals surface area contributed by atoms with Gasteiger partial charge >= 0.3 is 0 Å². The van der Waals surface area contributed by atoms with Gasteiger partial charge in [-0.25, -0.2) is 0 Å². The van der Waals surface area contributed by atoms with Crippen molar-refractivity contribution >= 4 is 5.91 Å². The van der Waals surface area contributed by atoms with E-state index >= 15 is 0 Å². The maximum atomic E-state index is 12.5. The van der Waals surface area contributed by atoms with Crippen molar-refractivity contribution in [1.82, 2.24) is 4.90 Å². The maximum Gasteiger partial charge on any atom is 0.254 e. The molecular formula is C15H22N2O. The molecule has 2 rings (SSSR count). The lowest BCUT2D eigenvalue weighted by molar-refractivity contribution is 0.0726. The van der Waals surface area contributed by atoms with Crippen molar-refractivity contribution in [1.29, 1.82) is 0 Å². The van der Waals surface area contributed by atoms with Gasteiger partial charge in [0.15, 0.2) is 0 Å². The largest absolute Gasteiger partial charge is 0.339 e. The highest BCUT2D eigenvalue weighted by atomic mass is 16.2.